The molecule has 1 fully saturated rings. The highest BCUT2D eigenvalue weighted by Gasteiger charge is 2.22. The fourth-order valence-electron chi connectivity index (χ4n) is 3.15. The quantitative estimate of drug-likeness (QED) is 0.475. The van der Waals surface area contributed by atoms with E-state index in [1.165, 1.54) is 19.4 Å². The highest BCUT2D eigenvalue weighted by molar-refractivity contribution is 5.86. The number of likely N-dealkylation sites (N-methyl/N-ethyl adjacent to an activating group) is 1. The predicted octanol–water partition coefficient (Wildman–Crippen LogP) is 0.961. The Bertz CT molecular complexity index is 588. The zero-order chi connectivity index (χ0) is 18.8. The van der Waals surface area contributed by atoms with Gasteiger partial charge in [-0.3, -0.25) is 14.7 Å². The third-order valence-corrected chi connectivity index (χ3v) is 4.70. The average molecular weight is 361 g/mol. The summed E-state index contributed by atoms with van der Waals surface area (Å²) in [7, 11) is 3.35. The SMILES string of the molecule is CCN1CCCC1CNC(=NC)NCC(=O)NCc1ccc(OC)cc1. The molecule has 1 atom stereocenters. The third kappa shape index (κ3) is 6.22. The third-order valence-electron chi connectivity index (χ3n) is 4.70. The number of rotatable bonds is 8. The second kappa shape index (κ2) is 10.7. The zero-order valence-corrected chi connectivity index (χ0v) is 16.0. The molecule has 0 saturated carbocycles. The minimum atomic E-state index is -0.0696. The number of likely N-dealkylation sites (tertiary alicyclic amines) is 1. The Morgan fingerprint density at radius 3 is 2.69 bits per heavy atom. The second-order valence-corrected chi connectivity index (χ2v) is 6.36. The number of carbonyl (C=O) groups is 1. The number of hydrogen-bond donors (Lipinski definition) is 3. The lowest BCUT2D eigenvalue weighted by Gasteiger charge is -2.23. The molecule has 1 aromatic rings. The molecule has 7 nitrogen and oxygen atoms in total. The maximum atomic E-state index is 12.0. The van der Waals surface area contributed by atoms with E-state index in [4.69, 9.17) is 4.74 Å². The van der Waals surface area contributed by atoms with Gasteiger partial charge in [0.1, 0.15) is 5.75 Å². The fourth-order valence-corrected chi connectivity index (χ4v) is 3.15. The lowest BCUT2D eigenvalue weighted by Crippen LogP contribution is -2.47. The van der Waals surface area contributed by atoms with Crippen LogP contribution in [-0.2, 0) is 11.3 Å². The summed E-state index contributed by atoms with van der Waals surface area (Å²) in [6.45, 7) is 5.97. The number of nitrogens with zero attached hydrogens (tertiary/aromatic N) is 2. The molecular weight excluding hydrogens is 330 g/mol. The van der Waals surface area contributed by atoms with Crippen molar-refractivity contribution in [2.75, 3.05) is 40.3 Å². The maximum Gasteiger partial charge on any atom is 0.239 e. The molecule has 0 aliphatic carbocycles. The standard InChI is InChI=1S/C19H31N5O2/c1-4-24-11-5-6-16(24)13-22-19(20-2)23-14-18(25)21-12-15-7-9-17(26-3)10-8-15/h7-10,16H,4-6,11-14H2,1-3H3,(H,21,25)(H2,20,22,23). The molecule has 1 aliphatic heterocycles. The van der Waals surface area contributed by atoms with Crippen LogP contribution in [0, 0.1) is 0 Å². The highest BCUT2D eigenvalue weighted by atomic mass is 16.5. The van der Waals surface area contributed by atoms with Gasteiger partial charge >= 0.3 is 0 Å². The number of ether oxygens (including phenoxy) is 1. The van der Waals surface area contributed by atoms with Crippen molar-refractivity contribution in [1.82, 2.24) is 20.9 Å². The van der Waals surface area contributed by atoms with E-state index in [9.17, 15) is 4.79 Å². The summed E-state index contributed by atoms with van der Waals surface area (Å²) in [5.41, 5.74) is 1.03. The smallest absolute Gasteiger partial charge is 0.239 e. The summed E-state index contributed by atoms with van der Waals surface area (Å²) in [5.74, 6) is 1.40. The summed E-state index contributed by atoms with van der Waals surface area (Å²) in [5, 5.41) is 9.29. The van der Waals surface area contributed by atoms with Gasteiger partial charge < -0.3 is 20.7 Å². The number of hydrogen-bond acceptors (Lipinski definition) is 4. The Morgan fingerprint density at radius 1 is 1.27 bits per heavy atom. The first-order valence-corrected chi connectivity index (χ1v) is 9.24. The topological polar surface area (TPSA) is 78.0 Å². The summed E-state index contributed by atoms with van der Waals surface area (Å²) in [4.78, 5) is 18.7. The summed E-state index contributed by atoms with van der Waals surface area (Å²) < 4.78 is 5.13. The van der Waals surface area contributed by atoms with Crippen molar-refractivity contribution in [3.63, 3.8) is 0 Å². The molecule has 1 heterocycles. The first-order valence-electron chi connectivity index (χ1n) is 9.24. The summed E-state index contributed by atoms with van der Waals surface area (Å²) in [6, 6.07) is 8.19. The molecule has 0 aromatic heterocycles. The normalized spacial score (nSPS) is 17.8. The minimum absolute atomic E-state index is 0.0696. The van der Waals surface area contributed by atoms with Crippen molar-refractivity contribution in [2.45, 2.75) is 32.4 Å². The minimum Gasteiger partial charge on any atom is -0.497 e. The van der Waals surface area contributed by atoms with Gasteiger partial charge in [-0.05, 0) is 43.6 Å². The predicted molar refractivity (Wildman–Crippen MR) is 104 cm³/mol. The van der Waals surface area contributed by atoms with Crippen molar-refractivity contribution < 1.29 is 9.53 Å². The number of benzene rings is 1. The Morgan fingerprint density at radius 2 is 2.04 bits per heavy atom. The van der Waals surface area contributed by atoms with E-state index in [-0.39, 0.29) is 12.5 Å². The van der Waals surface area contributed by atoms with Crippen molar-refractivity contribution in [3.8, 4) is 5.75 Å². The van der Waals surface area contributed by atoms with Crippen LogP contribution < -0.4 is 20.7 Å². The Balaban J connectivity index is 1.67. The van der Waals surface area contributed by atoms with Crippen LogP contribution in [0.3, 0.4) is 0 Å². The molecule has 0 bridgehead atoms. The van der Waals surface area contributed by atoms with Crippen LogP contribution >= 0.6 is 0 Å². The van der Waals surface area contributed by atoms with Crippen molar-refractivity contribution in [1.29, 1.82) is 0 Å². The van der Waals surface area contributed by atoms with Crippen LogP contribution in [0.2, 0.25) is 0 Å². The van der Waals surface area contributed by atoms with Gasteiger partial charge in [0.2, 0.25) is 5.91 Å². The van der Waals surface area contributed by atoms with Crippen LogP contribution in [0.15, 0.2) is 29.3 Å². The highest BCUT2D eigenvalue weighted by Crippen LogP contribution is 2.15. The van der Waals surface area contributed by atoms with E-state index < -0.39 is 0 Å². The van der Waals surface area contributed by atoms with Crippen molar-refractivity contribution >= 4 is 11.9 Å². The van der Waals surface area contributed by atoms with Crippen LogP contribution in [0.4, 0.5) is 0 Å². The number of guanidine groups is 1. The molecule has 1 aliphatic rings. The first-order chi connectivity index (χ1) is 12.7. The lowest BCUT2D eigenvalue weighted by atomic mass is 10.2. The Hall–Kier alpha value is -2.28. The molecule has 144 valence electrons. The van der Waals surface area contributed by atoms with E-state index in [1.54, 1.807) is 14.2 Å². The number of aliphatic imine (C=N–C) groups is 1. The van der Waals surface area contributed by atoms with Crippen molar-refractivity contribution in [3.05, 3.63) is 29.8 Å². The molecular formula is C19H31N5O2. The molecule has 3 N–H and O–H groups in total. The van der Waals surface area contributed by atoms with Gasteiger partial charge in [-0.2, -0.15) is 0 Å². The lowest BCUT2D eigenvalue weighted by molar-refractivity contribution is -0.120. The number of methoxy groups -OCH3 is 1. The van der Waals surface area contributed by atoms with E-state index in [2.05, 4.69) is 32.8 Å². The van der Waals surface area contributed by atoms with Gasteiger partial charge in [-0.1, -0.05) is 19.1 Å². The van der Waals surface area contributed by atoms with E-state index in [0.717, 1.165) is 24.4 Å². The van der Waals surface area contributed by atoms with Gasteiger partial charge in [0.15, 0.2) is 5.96 Å². The molecule has 0 radical (unpaired) electrons. The van der Waals surface area contributed by atoms with E-state index in [0.29, 0.717) is 18.5 Å². The van der Waals surface area contributed by atoms with Gasteiger partial charge in [0.05, 0.1) is 13.7 Å². The molecule has 1 aromatic carbocycles. The van der Waals surface area contributed by atoms with Crippen LogP contribution in [0.1, 0.15) is 25.3 Å². The molecule has 1 amide bonds. The zero-order valence-electron chi connectivity index (χ0n) is 16.0. The van der Waals surface area contributed by atoms with Gasteiger partial charge in [-0.25, -0.2) is 0 Å². The van der Waals surface area contributed by atoms with E-state index >= 15 is 0 Å². The Labute approximate surface area is 156 Å². The molecule has 0 spiro atoms. The van der Waals surface area contributed by atoms with Crippen molar-refractivity contribution in [2.24, 2.45) is 4.99 Å². The Kier molecular flexibility index (Phi) is 8.21. The van der Waals surface area contributed by atoms with Gasteiger partial charge in [0, 0.05) is 26.2 Å². The molecule has 7 heteroatoms. The second-order valence-electron chi connectivity index (χ2n) is 6.36. The summed E-state index contributed by atoms with van der Waals surface area (Å²) >= 11 is 0. The largest absolute Gasteiger partial charge is 0.497 e. The number of carbonyl (C=O) groups excluding carboxylic acids is 1. The average Bonchev–Trinajstić information content (AvgIpc) is 3.14. The summed E-state index contributed by atoms with van der Waals surface area (Å²) in [6.07, 6.45) is 2.46. The molecule has 1 unspecified atom stereocenters. The number of amides is 1. The molecule has 26 heavy (non-hydrogen) atoms. The van der Waals surface area contributed by atoms with Crippen LogP contribution in [0.5, 0.6) is 5.75 Å². The van der Waals surface area contributed by atoms with Gasteiger partial charge in [-0.15, -0.1) is 0 Å². The van der Waals surface area contributed by atoms with Crippen LogP contribution in [0.25, 0.3) is 0 Å². The van der Waals surface area contributed by atoms with Gasteiger partial charge in [0.25, 0.3) is 0 Å². The monoisotopic (exact) mass is 361 g/mol. The number of nitrogens with one attached hydrogen (secondary N) is 3. The molecule has 2 rings (SSSR count). The molecule has 1 saturated heterocycles. The maximum absolute atomic E-state index is 12.0. The first kappa shape index (κ1) is 20.0. The van der Waals surface area contributed by atoms with E-state index in [1.807, 2.05) is 24.3 Å². The fraction of sp³-hybridized carbons (Fsp3) is 0.579. The van der Waals surface area contributed by atoms with Crippen LogP contribution in [-0.4, -0.2) is 63.1 Å².